The van der Waals surface area contributed by atoms with Gasteiger partial charge < -0.3 is 19.9 Å². The van der Waals surface area contributed by atoms with Crippen molar-refractivity contribution in [2.24, 2.45) is 7.05 Å². The molecule has 1 aliphatic rings. The number of nitrogens with zero attached hydrogens (tertiary/aromatic N) is 2. The number of carbonyl (C=O) groups is 1. The number of morpholine rings is 1. The summed E-state index contributed by atoms with van der Waals surface area (Å²) in [6.45, 7) is 1.90. The van der Waals surface area contributed by atoms with Gasteiger partial charge in [0.1, 0.15) is 5.82 Å². The Morgan fingerprint density at radius 1 is 1.58 bits per heavy atom. The molecule has 0 radical (unpaired) electrons. The van der Waals surface area contributed by atoms with Gasteiger partial charge >= 0.3 is 0 Å². The van der Waals surface area contributed by atoms with E-state index < -0.39 is 5.82 Å². The normalized spacial score (nSPS) is 17.7. The molecule has 1 unspecified atom stereocenters. The predicted molar refractivity (Wildman–Crippen MR) is 89.6 cm³/mol. The maximum absolute atomic E-state index is 13.6. The number of rotatable bonds is 5. The van der Waals surface area contributed by atoms with E-state index in [0.717, 1.165) is 16.6 Å². The fraction of sp³-hybridized carbons (Fsp3) is 0.375. The van der Waals surface area contributed by atoms with Gasteiger partial charge in [0.2, 0.25) is 5.91 Å². The van der Waals surface area contributed by atoms with Gasteiger partial charge in [-0.15, -0.1) is 0 Å². The number of imidazole rings is 1. The molecule has 2 N–H and O–H groups in total. The molecule has 6 nitrogen and oxygen atoms in total. The number of amides is 1. The molecule has 0 aliphatic carbocycles. The maximum Gasteiger partial charge on any atom is 0.226 e. The molecule has 0 saturated carbocycles. The monoisotopic (exact) mass is 350 g/mol. The largest absolute Gasteiger partial charge is 0.378 e. The number of aromatic nitrogens is 2. The molecule has 0 bridgehead atoms. The number of carbonyl (C=O) groups excluding carboxylic acids is 1. The third-order valence-electron chi connectivity index (χ3n) is 3.62. The minimum absolute atomic E-state index is 0.0158. The molecule has 24 heavy (non-hydrogen) atoms. The highest BCUT2D eigenvalue weighted by molar-refractivity contribution is 7.99. The minimum atomic E-state index is -0.395. The van der Waals surface area contributed by atoms with Crippen molar-refractivity contribution >= 4 is 23.4 Å². The van der Waals surface area contributed by atoms with Crippen LogP contribution in [0.1, 0.15) is 6.42 Å². The number of halogens is 1. The van der Waals surface area contributed by atoms with Crippen LogP contribution in [0.4, 0.5) is 10.1 Å². The Kier molecular flexibility index (Phi) is 5.49. The first kappa shape index (κ1) is 16.9. The van der Waals surface area contributed by atoms with Crippen LogP contribution in [0.15, 0.2) is 40.6 Å². The molecule has 1 fully saturated rings. The van der Waals surface area contributed by atoms with Gasteiger partial charge in [-0.25, -0.2) is 9.37 Å². The lowest BCUT2D eigenvalue weighted by Gasteiger charge is -2.23. The summed E-state index contributed by atoms with van der Waals surface area (Å²) in [5.74, 6) is -0.570. The quantitative estimate of drug-likeness (QED) is 0.864. The van der Waals surface area contributed by atoms with Gasteiger partial charge in [0.25, 0.3) is 0 Å². The van der Waals surface area contributed by atoms with Gasteiger partial charge in [0, 0.05) is 43.3 Å². The summed E-state index contributed by atoms with van der Waals surface area (Å²) in [5, 5.41) is 6.79. The SMILES string of the molecule is Cn1ccnc1Sc1ccc(F)cc1NC(=O)CC1COCCN1. The molecule has 0 spiro atoms. The van der Waals surface area contributed by atoms with Crippen molar-refractivity contribution in [1.29, 1.82) is 0 Å². The van der Waals surface area contributed by atoms with Crippen molar-refractivity contribution in [3.63, 3.8) is 0 Å². The Morgan fingerprint density at radius 2 is 2.46 bits per heavy atom. The van der Waals surface area contributed by atoms with Crippen molar-refractivity contribution in [3.05, 3.63) is 36.4 Å². The number of ether oxygens (including phenoxy) is 1. The van der Waals surface area contributed by atoms with E-state index >= 15 is 0 Å². The summed E-state index contributed by atoms with van der Waals surface area (Å²) >= 11 is 1.37. The van der Waals surface area contributed by atoms with Crippen LogP contribution in [-0.4, -0.2) is 41.3 Å². The molecule has 1 saturated heterocycles. The molecule has 8 heteroatoms. The standard InChI is InChI=1S/C16H19FN4O2S/c1-21-6-4-19-16(21)24-14-3-2-11(17)8-13(14)20-15(22)9-12-10-23-7-5-18-12/h2-4,6,8,12,18H,5,7,9-10H2,1H3,(H,20,22). The smallest absolute Gasteiger partial charge is 0.226 e. The van der Waals surface area contributed by atoms with E-state index in [1.165, 1.54) is 23.9 Å². The Bertz CT molecular complexity index is 716. The van der Waals surface area contributed by atoms with Crippen molar-refractivity contribution in [2.45, 2.75) is 22.5 Å². The van der Waals surface area contributed by atoms with Gasteiger partial charge in [-0.2, -0.15) is 0 Å². The molecule has 1 aliphatic heterocycles. The topological polar surface area (TPSA) is 68.2 Å². The number of benzene rings is 1. The highest BCUT2D eigenvalue weighted by Gasteiger charge is 2.18. The zero-order valence-corrected chi connectivity index (χ0v) is 14.1. The molecule has 2 aromatic rings. The first-order valence-electron chi connectivity index (χ1n) is 7.67. The van der Waals surface area contributed by atoms with Crippen LogP contribution in [0.2, 0.25) is 0 Å². The number of hydrogen-bond acceptors (Lipinski definition) is 5. The van der Waals surface area contributed by atoms with Crippen molar-refractivity contribution < 1.29 is 13.9 Å². The fourth-order valence-electron chi connectivity index (χ4n) is 2.41. The molecule has 2 heterocycles. The second kappa shape index (κ2) is 7.78. The molecule has 1 aromatic heterocycles. The summed E-state index contributed by atoms with van der Waals surface area (Å²) in [4.78, 5) is 17.2. The second-order valence-electron chi connectivity index (χ2n) is 5.54. The molecule has 1 aromatic carbocycles. The fourth-order valence-corrected chi connectivity index (χ4v) is 3.28. The van der Waals surface area contributed by atoms with Crippen LogP contribution >= 0.6 is 11.8 Å². The van der Waals surface area contributed by atoms with Gasteiger partial charge in [0.15, 0.2) is 5.16 Å². The van der Waals surface area contributed by atoms with Gasteiger partial charge in [-0.3, -0.25) is 4.79 Å². The lowest BCUT2D eigenvalue weighted by atomic mass is 10.2. The number of aryl methyl sites for hydroxylation is 1. The Morgan fingerprint density at radius 3 is 3.17 bits per heavy atom. The first-order valence-corrected chi connectivity index (χ1v) is 8.49. The molecule has 1 amide bonds. The average Bonchev–Trinajstić information content (AvgIpc) is 2.96. The zero-order chi connectivity index (χ0) is 16.9. The number of anilines is 1. The third kappa shape index (κ3) is 4.34. The molecule has 3 rings (SSSR count). The highest BCUT2D eigenvalue weighted by atomic mass is 32.2. The summed E-state index contributed by atoms with van der Waals surface area (Å²) in [7, 11) is 1.88. The zero-order valence-electron chi connectivity index (χ0n) is 13.3. The Labute approximate surface area is 143 Å². The van der Waals surface area contributed by atoms with E-state index in [9.17, 15) is 9.18 Å². The van der Waals surface area contributed by atoms with Crippen LogP contribution in [0.3, 0.4) is 0 Å². The van der Waals surface area contributed by atoms with E-state index in [2.05, 4.69) is 15.6 Å². The molecular formula is C16H19FN4O2S. The van der Waals surface area contributed by atoms with Gasteiger partial charge in [0.05, 0.1) is 18.9 Å². The second-order valence-corrected chi connectivity index (χ2v) is 6.55. The first-order chi connectivity index (χ1) is 11.6. The Balaban J connectivity index is 1.70. The van der Waals surface area contributed by atoms with E-state index in [0.29, 0.717) is 18.9 Å². The van der Waals surface area contributed by atoms with Crippen molar-refractivity contribution in [3.8, 4) is 0 Å². The van der Waals surface area contributed by atoms with Crippen molar-refractivity contribution in [1.82, 2.24) is 14.9 Å². The van der Waals surface area contributed by atoms with E-state index in [1.807, 2.05) is 17.8 Å². The third-order valence-corrected chi connectivity index (χ3v) is 4.78. The number of nitrogens with one attached hydrogen (secondary N) is 2. The van der Waals surface area contributed by atoms with Gasteiger partial charge in [-0.1, -0.05) is 0 Å². The van der Waals surface area contributed by atoms with Crippen molar-refractivity contribution in [2.75, 3.05) is 25.1 Å². The van der Waals surface area contributed by atoms with Crippen LogP contribution in [-0.2, 0) is 16.6 Å². The molecule has 1 atom stereocenters. The predicted octanol–water partition coefficient (Wildman–Crippen LogP) is 2.03. The van der Waals surface area contributed by atoms with E-state index in [4.69, 9.17) is 4.74 Å². The summed E-state index contributed by atoms with van der Waals surface area (Å²) in [6.07, 6.45) is 3.81. The van der Waals surface area contributed by atoms with Gasteiger partial charge in [-0.05, 0) is 30.0 Å². The number of hydrogen-bond donors (Lipinski definition) is 2. The van der Waals surface area contributed by atoms with Crippen LogP contribution in [0.25, 0.3) is 0 Å². The highest BCUT2D eigenvalue weighted by Crippen LogP contribution is 2.33. The summed E-state index contributed by atoms with van der Waals surface area (Å²) in [5.41, 5.74) is 0.449. The van der Waals surface area contributed by atoms with Crippen LogP contribution in [0, 0.1) is 5.82 Å². The molecule has 128 valence electrons. The van der Waals surface area contributed by atoms with Crippen LogP contribution in [0.5, 0.6) is 0 Å². The lowest BCUT2D eigenvalue weighted by Crippen LogP contribution is -2.43. The van der Waals surface area contributed by atoms with E-state index in [-0.39, 0.29) is 18.4 Å². The Hall–Kier alpha value is -1.90. The lowest BCUT2D eigenvalue weighted by molar-refractivity contribution is -0.117. The van der Waals surface area contributed by atoms with E-state index in [1.54, 1.807) is 12.3 Å². The summed E-state index contributed by atoms with van der Waals surface area (Å²) < 4.78 is 20.8. The molecular weight excluding hydrogens is 331 g/mol. The maximum atomic E-state index is 13.6. The van der Waals surface area contributed by atoms with Crippen LogP contribution < -0.4 is 10.6 Å². The average molecular weight is 350 g/mol. The minimum Gasteiger partial charge on any atom is -0.378 e. The summed E-state index contributed by atoms with van der Waals surface area (Å²) in [6, 6.07) is 4.33.